The van der Waals surface area contributed by atoms with Crippen LogP contribution in [0.1, 0.15) is 16.7 Å². The van der Waals surface area contributed by atoms with Crippen molar-refractivity contribution in [2.45, 2.75) is 13.8 Å². The van der Waals surface area contributed by atoms with Gasteiger partial charge in [0.05, 0.1) is 17.2 Å². The average molecular weight is 375 g/mol. The molecule has 0 aliphatic rings. The van der Waals surface area contributed by atoms with Crippen molar-refractivity contribution in [2.75, 3.05) is 12.4 Å². The molecule has 1 N–H and O–H groups in total. The molecule has 4 nitrogen and oxygen atoms in total. The van der Waals surface area contributed by atoms with E-state index in [1.807, 2.05) is 32.0 Å². The quantitative estimate of drug-likeness (QED) is 0.593. The molecule has 2 rings (SSSR count). The third kappa shape index (κ3) is 4.54. The first-order valence-corrected chi connectivity index (χ1v) is 8.14. The van der Waals surface area contributed by atoms with Gasteiger partial charge in [0.2, 0.25) is 0 Å². The van der Waals surface area contributed by atoms with Crippen LogP contribution in [-0.4, -0.2) is 13.0 Å². The highest BCUT2D eigenvalue weighted by Crippen LogP contribution is 2.34. The Morgan fingerprint density at radius 2 is 1.84 bits per heavy atom. The Kier molecular flexibility index (Phi) is 6.08. The van der Waals surface area contributed by atoms with E-state index >= 15 is 0 Å². The number of nitrogens with one attached hydrogen (secondary N) is 1. The van der Waals surface area contributed by atoms with E-state index in [0.29, 0.717) is 27.0 Å². The number of nitrogens with zero attached hydrogens (tertiary/aromatic N) is 1. The molecule has 0 spiro atoms. The van der Waals surface area contributed by atoms with Crippen molar-refractivity contribution in [3.8, 4) is 11.8 Å². The van der Waals surface area contributed by atoms with Crippen molar-refractivity contribution in [3.05, 3.63) is 62.6 Å². The highest BCUT2D eigenvalue weighted by atomic mass is 35.5. The van der Waals surface area contributed by atoms with Crippen LogP contribution in [0.5, 0.6) is 5.75 Å². The molecule has 0 fully saturated rings. The molecule has 0 bridgehead atoms. The molecule has 25 heavy (non-hydrogen) atoms. The minimum absolute atomic E-state index is 0.0581. The van der Waals surface area contributed by atoms with Gasteiger partial charge in [0.25, 0.3) is 5.91 Å². The summed E-state index contributed by atoms with van der Waals surface area (Å²) in [6.07, 6.45) is 1.43. The zero-order chi connectivity index (χ0) is 18.6. The topological polar surface area (TPSA) is 62.1 Å². The lowest BCUT2D eigenvalue weighted by molar-refractivity contribution is -0.112. The molecular formula is C19H16Cl2N2O2. The zero-order valence-electron chi connectivity index (χ0n) is 14.0. The number of halogens is 2. The van der Waals surface area contributed by atoms with E-state index in [1.54, 1.807) is 18.2 Å². The summed E-state index contributed by atoms with van der Waals surface area (Å²) >= 11 is 12.2. The van der Waals surface area contributed by atoms with Gasteiger partial charge >= 0.3 is 0 Å². The van der Waals surface area contributed by atoms with Crippen molar-refractivity contribution < 1.29 is 9.53 Å². The largest absolute Gasteiger partial charge is 0.494 e. The van der Waals surface area contributed by atoms with Gasteiger partial charge in [-0.1, -0.05) is 40.9 Å². The fraction of sp³-hybridized carbons (Fsp3) is 0.158. The van der Waals surface area contributed by atoms with Gasteiger partial charge in [-0.2, -0.15) is 5.26 Å². The van der Waals surface area contributed by atoms with E-state index in [-0.39, 0.29) is 5.57 Å². The monoisotopic (exact) mass is 374 g/mol. The van der Waals surface area contributed by atoms with E-state index in [4.69, 9.17) is 27.9 Å². The lowest BCUT2D eigenvalue weighted by Gasteiger charge is -2.09. The van der Waals surface area contributed by atoms with Gasteiger partial charge in [0.1, 0.15) is 11.6 Å². The van der Waals surface area contributed by atoms with Crippen LogP contribution in [-0.2, 0) is 4.79 Å². The lowest BCUT2D eigenvalue weighted by atomic mass is 10.1. The number of hydrogen-bond acceptors (Lipinski definition) is 3. The second-order valence-electron chi connectivity index (χ2n) is 5.46. The number of ether oxygens (including phenoxy) is 1. The fourth-order valence-electron chi connectivity index (χ4n) is 2.32. The number of carbonyl (C=O) groups is 1. The molecule has 0 aromatic heterocycles. The molecule has 0 aliphatic heterocycles. The Balaban J connectivity index is 2.31. The van der Waals surface area contributed by atoms with E-state index < -0.39 is 5.91 Å². The number of amides is 1. The number of aryl methyl sites for hydroxylation is 2. The van der Waals surface area contributed by atoms with Gasteiger partial charge in [-0.3, -0.25) is 4.79 Å². The minimum atomic E-state index is -0.502. The normalized spacial score (nSPS) is 11.0. The Bertz CT molecular complexity index is 876. The van der Waals surface area contributed by atoms with E-state index in [1.165, 1.54) is 13.2 Å². The Morgan fingerprint density at radius 3 is 2.36 bits per heavy atom. The summed E-state index contributed by atoms with van der Waals surface area (Å²) < 4.78 is 5.08. The van der Waals surface area contributed by atoms with Crippen molar-refractivity contribution in [1.82, 2.24) is 0 Å². The first-order valence-electron chi connectivity index (χ1n) is 7.39. The van der Waals surface area contributed by atoms with E-state index in [0.717, 1.165) is 11.1 Å². The van der Waals surface area contributed by atoms with Crippen LogP contribution in [0.3, 0.4) is 0 Å². The summed E-state index contributed by atoms with van der Waals surface area (Å²) in [6, 6.07) is 10.7. The maximum atomic E-state index is 12.4. The number of nitriles is 1. The number of hydrogen-bond donors (Lipinski definition) is 1. The number of anilines is 1. The van der Waals surface area contributed by atoms with Crippen LogP contribution in [0.15, 0.2) is 35.9 Å². The molecule has 0 heterocycles. The lowest BCUT2D eigenvalue weighted by Crippen LogP contribution is -2.14. The van der Waals surface area contributed by atoms with Gasteiger partial charge in [-0.25, -0.2) is 0 Å². The molecule has 0 saturated carbocycles. The van der Waals surface area contributed by atoms with Gasteiger partial charge < -0.3 is 10.1 Å². The van der Waals surface area contributed by atoms with Crippen LogP contribution in [0, 0.1) is 25.2 Å². The van der Waals surface area contributed by atoms with Crippen molar-refractivity contribution >= 4 is 40.9 Å². The average Bonchev–Trinajstić information content (AvgIpc) is 2.55. The van der Waals surface area contributed by atoms with Crippen molar-refractivity contribution in [2.24, 2.45) is 0 Å². The van der Waals surface area contributed by atoms with Crippen molar-refractivity contribution in [1.29, 1.82) is 5.26 Å². The Labute approximate surface area is 156 Å². The predicted octanol–water partition coefficient (Wildman–Crippen LogP) is 5.16. The zero-order valence-corrected chi connectivity index (χ0v) is 15.5. The molecule has 2 aromatic carbocycles. The van der Waals surface area contributed by atoms with Crippen LogP contribution in [0.25, 0.3) is 6.08 Å². The third-order valence-electron chi connectivity index (χ3n) is 3.53. The van der Waals surface area contributed by atoms with Gasteiger partial charge in [-0.15, -0.1) is 0 Å². The fourth-order valence-corrected chi connectivity index (χ4v) is 2.97. The Morgan fingerprint density at radius 1 is 1.20 bits per heavy atom. The number of methoxy groups -OCH3 is 1. The molecule has 0 aliphatic carbocycles. The summed E-state index contributed by atoms with van der Waals surface area (Å²) in [5.41, 5.74) is 3.14. The van der Waals surface area contributed by atoms with Crippen LogP contribution in [0.2, 0.25) is 10.0 Å². The Hall–Kier alpha value is -2.48. The SMILES string of the molecule is COc1c(Cl)cc(/C=C(\C#N)C(=O)Nc2ccc(C)cc2C)cc1Cl. The number of rotatable bonds is 4. The molecule has 6 heteroatoms. The van der Waals surface area contributed by atoms with Crippen molar-refractivity contribution in [3.63, 3.8) is 0 Å². The number of carbonyl (C=O) groups excluding carboxylic acids is 1. The molecule has 0 atom stereocenters. The maximum Gasteiger partial charge on any atom is 0.266 e. The minimum Gasteiger partial charge on any atom is -0.494 e. The predicted molar refractivity (Wildman–Crippen MR) is 101 cm³/mol. The highest BCUT2D eigenvalue weighted by molar-refractivity contribution is 6.37. The van der Waals surface area contributed by atoms with Gasteiger partial charge in [0, 0.05) is 5.69 Å². The summed E-state index contributed by atoms with van der Waals surface area (Å²) in [6.45, 7) is 3.86. The first kappa shape index (κ1) is 18.9. The molecule has 0 unspecified atom stereocenters. The molecule has 1 amide bonds. The summed E-state index contributed by atoms with van der Waals surface area (Å²) in [5.74, 6) is -0.156. The molecule has 0 saturated heterocycles. The van der Waals surface area contributed by atoms with Crippen LogP contribution < -0.4 is 10.1 Å². The number of benzene rings is 2. The summed E-state index contributed by atoms with van der Waals surface area (Å²) in [5, 5.41) is 12.7. The standard InChI is InChI=1S/C19H16Cl2N2O2/c1-11-4-5-17(12(2)6-11)23-19(24)14(10-22)7-13-8-15(20)18(25-3)16(21)9-13/h4-9H,1-3H3,(H,23,24)/b14-7+. The van der Waals surface area contributed by atoms with Gasteiger partial charge in [-0.05, 0) is 49.2 Å². The second kappa shape index (κ2) is 8.06. The molecule has 2 aromatic rings. The van der Waals surface area contributed by atoms with Gasteiger partial charge in [0.15, 0.2) is 5.75 Å². The van der Waals surface area contributed by atoms with Crippen LogP contribution in [0.4, 0.5) is 5.69 Å². The highest BCUT2D eigenvalue weighted by Gasteiger charge is 2.13. The molecule has 128 valence electrons. The smallest absolute Gasteiger partial charge is 0.266 e. The van der Waals surface area contributed by atoms with E-state index in [2.05, 4.69) is 5.32 Å². The van der Waals surface area contributed by atoms with Crippen LogP contribution >= 0.6 is 23.2 Å². The maximum absolute atomic E-state index is 12.4. The summed E-state index contributed by atoms with van der Waals surface area (Å²) in [4.78, 5) is 12.4. The second-order valence-corrected chi connectivity index (χ2v) is 6.27. The third-order valence-corrected chi connectivity index (χ3v) is 4.09. The molecular weight excluding hydrogens is 359 g/mol. The first-order chi connectivity index (χ1) is 11.8. The summed E-state index contributed by atoms with van der Waals surface area (Å²) in [7, 11) is 1.46. The van der Waals surface area contributed by atoms with E-state index in [9.17, 15) is 10.1 Å². The molecule has 0 radical (unpaired) electrons.